The molecule has 14 nitrogen and oxygen atoms in total. The van der Waals surface area contributed by atoms with Gasteiger partial charge in [-0.25, -0.2) is 19.9 Å². The zero-order valence-corrected chi connectivity index (χ0v) is 28.6. The molecular weight excluding hydrogens is 701 g/mol. The van der Waals surface area contributed by atoms with E-state index in [-0.39, 0.29) is 51.0 Å². The average Bonchev–Trinajstić information content (AvgIpc) is 3.85. The largest absolute Gasteiger partial charge is 0.375 e. The molecule has 0 saturated carbocycles. The van der Waals surface area contributed by atoms with Crippen molar-refractivity contribution in [2.75, 3.05) is 25.4 Å². The lowest BCUT2D eigenvalue weighted by atomic mass is 9.99. The summed E-state index contributed by atoms with van der Waals surface area (Å²) in [6, 6.07) is 16.9. The minimum absolute atomic E-state index is 0.112. The second-order valence-electron chi connectivity index (χ2n) is 11.7. The maximum Gasteiger partial charge on any atom is 0.333 e. The van der Waals surface area contributed by atoms with Crippen LogP contribution >= 0.6 is 34.5 Å². The number of fused-ring (bicyclic) bond motifs is 2. The van der Waals surface area contributed by atoms with Crippen molar-refractivity contribution in [3.63, 3.8) is 0 Å². The summed E-state index contributed by atoms with van der Waals surface area (Å²) in [6.45, 7) is 0.216. The van der Waals surface area contributed by atoms with Crippen molar-refractivity contribution in [1.82, 2.24) is 50.7 Å². The Balaban J connectivity index is 1.19. The number of halogens is 2. The van der Waals surface area contributed by atoms with Gasteiger partial charge in [-0.15, -0.1) is 11.5 Å². The Morgan fingerprint density at radius 2 is 1.92 bits per heavy atom. The molecule has 17 heteroatoms. The van der Waals surface area contributed by atoms with Crippen molar-refractivity contribution in [2.24, 2.45) is 0 Å². The predicted molar refractivity (Wildman–Crippen MR) is 188 cm³/mol. The average molecular weight is 731 g/mol. The molecule has 4 heterocycles. The zero-order valence-electron chi connectivity index (χ0n) is 26.3. The third-order valence-electron chi connectivity index (χ3n) is 8.66. The van der Waals surface area contributed by atoms with Crippen LogP contribution in [0.1, 0.15) is 16.7 Å². The molecule has 2 saturated heterocycles. The summed E-state index contributed by atoms with van der Waals surface area (Å²) in [7, 11) is 0. The van der Waals surface area contributed by atoms with E-state index in [9.17, 15) is 14.4 Å². The molecular formula is C33H29Cl2N11O3S. The van der Waals surface area contributed by atoms with E-state index in [0.717, 1.165) is 27.0 Å². The van der Waals surface area contributed by atoms with E-state index in [4.69, 9.17) is 35.4 Å². The molecule has 4 amide bonds. The van der Waals surface area contributed by atoms with Gasteiger partial charge < -0.3 is 20.9 Å². The van der Waals surface area contributed by atoms with Gasteiger partial charge >= 0.3 is 6.03 Å². The number of nitrogens with one attached hydrogen (secondary N) is 2. The van der Waals surface area contributed by atoms with Crippen LogP contribution in [0.2, 0.25) is 10.0 Å². The Kier molecular flexibility index (Phi) is 9.25. The Morgan fingerprint density at radius 1 is 1.12 bits per heavy atom. The number of hydrazine groups is 1. The summed E-state index contributed by atoms with van der Waals surface area (Å²) >= 11 is 13.6. The summed E-state index contributed by atoms with van der Waals surface area (Å²) in [5.74, 6) is 2.52. The number of aromatic amines is 1. The molecule has 0 aliphatic carbocycles. The van der Waals surface area contributed by atoms with Gasteiger partial charge in [0.25, 0.3) is 0 Å². The number of amides is 4. The van der Waals surface area contributed by atoms with Gasteiger partial charge in [-0.3, -0.25) is 9.59 Å². The quantitative estimate of drug-likeness (QED) is 0.192. The number of hydrogen-bond acceptors (Lipinski definition) is 10. The first-order valence-electron chi connectivity index (χ1n) is 15.5. The van der Waals surface area contributed by atoms with Crippen molar-refractivity contribution in [1.29, 1.82) is 0 Å². The minimum Gasteiger partial charge on any atom is -0.375 e. The summed E-state index contributed by atoms with van der Waals surface area (Å²) in [5, 5.41) is 21.0. The fourth-order valence-electron chi connectivity index (χ4n) is 6.33. The van der Waals surface area contributed by atoms with Crippen molar-refractivity contribution >= 4 is 67.7 Å². The highest BCUT2D eigenvalue weighted by atomic mass is 35.5. The standard InChI is InChI=1S/C33H29Cl2N11O3S/c1-2-12-44(33(49)37-15-20-8-11-23(34)24(35)13-20)45-18-28(47)46-25(14-19-6-9-21(10-7-19)30-39-41-42-40-30)31(48)43(17-27(45)46)16-22-4-3-5-26-29(22)38-32(36)50-26/h1,3-11,13,25,27H,12,14-18H2,(H2,36,38)(H,37,49)(H,39,40,41,42)/t25-,27+/m0/s1. The summed E-state index contributed by atoms with van der Waals surface area (Å²) in [4.78, 5) is 49.7. The van der Waals surface area contributed by atoms with Crippen LogP contribution < -0.4 is 11.1 Å². The van der Waals surface area contributed by atoms with E-state index in [1.165, 1.54) is 16.3 Å². The summed E-state index contributed by atoms with van der Waals surface area (Å²) in [6.07, 6.45) is 5.28. The molecule has 0 unspecified atom stereocenters. The number of benzene rings is 3. The lowest BCUT2D eigenvalue weighted by molar-refractivity contribution is -0.157. The second-order valence-corrected chi connectivity index (χ2v) is 13.6. The van der Waals surface area contributed by atoms with Gasteiger partial charge in [0.1, 0.15) is 12.2 Å². The van der Waals surface area contributed by atoms with Gasteiger partial charge in [-0.2, -0.15) is 5.01 Å². The number of piperazine rings is 1. The van der Waals surface area contributed by atoms with Crippen molar-refractivity contribution in [2.45, 2.75) is 31.7 Å². The Morgan fingerprint density at radius 3 is 2.66 bits per heavy atom. The molecule has 2 fully saturated rings. The van der Waals surface area contributed by atoms with Gasteiger partial charge in [-0.1, -0.05) is 82.9 Å². The number of rotatable bonds is 9. The van der Waals surface area contributed by atoms with Crippen LogP contribution in [-0.2, 0) is 29.1 Å². The van der Waals surface area contributed by atoms with E-state index in [0.29, 0.717) is 26.5 Å². The molecule has 2 aromatic heterocycles. The molecule has 2 aliphatic rings. The number of terminal acetylenes is 1. The first kappa shape index (κ1) is 33.2. The van der Waals surface area contributed by atoms with Crippen LogP contribution in [0.3, 0.4) is 0 Å². The molecule has 2 aliphatic heterocycles. The van der Waals surface area contributed by atoms with Crippen molar-refractivity contribution in [3.8, 4) is 23.7 Å². The highest BCUT2D eigenvalue weighted by molar-refractivity contribution is 7.22. The number of nitrogen functional groups attached to an aromatic ring is 1. The van der Waals surface area contributed by atoms with Crippen LogP contribution in [-0.4, -0.2) is 95.1 Å². The van der Waals surface area contributed by atoms with Gasteiger partial charge in [0.15, 0.2) is 11.0 Å². The van der Waals surface area contributed by atoms with Crippen LogP contribution in [0.4, 0.5) is 9.93 Å². The van der Waals surface area contributed by atoms with E-state index in [1.54, 1.807) is 33.0 Å². The van der Waals surface area contributed by atoms with Gasteiger partial charge in [0.2, 0.25) is 11.8 Å². The number of carbonyl (C=O) groups excluding carboxylic acids is 3. The first-order valence-corrected chi connectivity index (χ1v) is 17.0. The number of H-pyrrole nitrogens is 1. The maximum atomic E-state index is 14.4. The molecule has 3 aromatic carbocycles. The Labute approximate surface area is 300 Å². The monoisotopic (exact) mass is 729 g/mol. The molecule has 50 heavy (non-hydrogen) atoms. The number of urea groups is 1. The van der Waals surface area contributed by atoms with E-state index < -0.39 is 18.2 Å². The number of thiazole rings is 1. The SMILES string of the molecule is C#CCN(C(=O)NCc1ccc(Cl)c(Cl)c1)N1CC(=O)N2[C@@H](Cc3ccc(-c4nnn[nH]4)cc3)C(=O)N(Cc3cccc4sc(N)nc34)C[C@@H]21. The maximum absolute atomic E-state index is 14.4. The number of nitrogens with two attached hydrogens (primary N) is 1. The second kappa shape index (κ2) is 13.9. The number of hydrogen-bond donors (Lipinski definition) is 3. The van der Waals surface area contributed by atoms with E-state index in [2.05, 4.69) is 36.8 Å². The number of para-hydroxylation sites is 1. The zero-order chi connectivity index (χ0) is 34.9. The fraction of sp³-hybridized carbons (Fsp3) is 0.242. The lowest BCUT2D eigenvalue weighted by Gasteiger charge is -2.46. The molecule has 2 atom stereocenters. The number of aromatic nitrogens is 5. The molecule has 0 spiro atoms. The van der Waals surface area contributed by atoms with Crippen LogP contribution in [0.5, 0.6) is 0 Å². The minimum atomic E-state index is -0.865. The number of carbonyl (C=O) groups is 3. The molecule has 7 rings (SSSR count). The summed E-state index contributed by atoms with van der Waals surface area (Å²) < 4.78 is 0.904. The number of nitrogens with zero attached hydrogens (tertiary/aromatic N) is 8. The highest BCUT2D eigenvalue weighted by Crippen LogP contribution is 2.33. The summed E-state index contributed by atoms with van der Waals surface area (Å²) in [5.41, 5.74) is 9.88. The highest BCUT2D eigenvalue weighted by Gasteiger charge is 2.52. The Bertz CT molecular complexity index is 2120. The normalized spacial score (nSPS) is 17.6. The van der Waals surface area contributed by atoms with Crippen LogP contribution in [0.25, 0.3) is 21.6 Å². The third kappa shape index (κ3) is 6.53. The predicted octanol–water partition coefficient (Wildman–Crippen LogP) is 3.55. The van der Waals surface area contributed by atoms with Crippen molar-refractivity contribution in [3.05, 3.63) is 87.4 Å². The van der Waals surface area contributed by atoms with Crippen LogP contribution in [0.15, 0.2) is 60.7 Å². The molecule has 0 radical (unpaired) electrons. The smallest absolute Gasteiger partial charge is 0.333 e. The lowest BCUT2D eigenvalue weighted by Crippen LogP contribution is -2.66. The molecule has 5 aromatic rings. The van der Waals surface area contributed by atoms with Gasteiger partial charge in [0, 0.05) is 25.1 Å². The topological polar surface area (TPSA) is 170 Å². The fourth-order valence-corrected chi connectivity index (χ4v) is 7.44. The van der Waals surface area contributed by atoms with E-state index >= 15 is 0 Å². The third-order valence-corrected chi connectivity index (χ3v) is 10.3. The van der Waals surface area contributed by atoms with Crippen molar-refractivity contribution < 1.29 is 14.4 Å². The first-order chi connectivity index (χ1) is 24.2. The number of anilines is 1. The number of tetrazole rings is 1. The van der Waals surface area contributed by atoms with Crippen LogP contribution in [0, 0.1) is 12.3 Å². The molecule has 254 valence electrons. The Hall–Kier alpha value is -5.27. The molecule has 4 N–H and O–H groups in total. The van der Waals surface area contributed by atoms with E-state index in [1.807, 2.05) is 42.5 Å². The molecule has 0 bridgehead atoms. The van der Waals surface area contributed by atoms with Gasteiger partial charge in [0.05, 0.1) is 39.9 Å². The van der Waals surface area contributed by atoms with Gasteiger partial charge in [-0.05, 0) is 45.3 Å².